The van der Waals surface area contributed by atoms with Crippen LogP contribution < -0.4 is 5.56 Å². The molecular weight excluding hydrogens is 338 g/mol. The lowest BCUT2D eigenvalue weighted by Gasteiger charge is -2.32. The second-order valence-corrected chi connectivity index (χ2v) is 6.52. The molecule has 0 saturated carbocycles. The van der Waals surface area contributed by atoms with Gasteiger partial charge in [-0.25, -0.2) is 4.98 Å². The van der Waals surface area contributed by atoms with Crippen LogP contribution in [0.3, 0.4) is 0 Å². The molecule has 0 spiro atoms. The molecule has 140 valence electrons. The van der Waals surface area contributed by atoms with Crippen molar-refractivity contribution in [3.63, 3.8) is 0 Å². The molecule has 0 N–H and O–H groups in total. The third-order valence-corrected chi connectivity index (χ3v) is 4.71. The third-order valence-electron chi connectivity index (χ3n) is 4.71. The average molecular weight is 361 g/mol. The zero-order valence-corrected chi connectivity index (χ0v) is 15.1. The molecule has 0 radical (unpaired) electrons. The first-order chi connectivity index (χ1) is 12.5. The minimum atomic E-state index is -0.503. The SMILES string of the molecule is COCCn1c(CN2CCN(C)CC2)nc2ccc([N+](=O)[O-])cc2c1=O. The molecule has 26 heavy (non-hydrogen) atoms. The van der Waals surface area contributed by atoms with Crippen molar-refractivity contribution < 1.29 is 9.66 Å². The van der Waals surface area contributed by atoms with E-state index in [0.29, 0.717) is 31.0 Å². The standard InChI is InChI=1S/C17H23N5O4/c1-19-5-7-20(8-6-19)12-16-18-15-4-3-13(22(24)25)11-14(15)17(23)21(16)9-10-26-2/h3-4,11H,5-10,12H2,1-2H3. The summed E-state index contributed by atoms with van der Waals surface area (Å²) in [6.07, 6.45) is 0. The van der Waals surface area contributed by atoms with Gasteiger partial charge in [-0.3, -0.25) is 24.4 Å². The van der Waals surface area contributed by atoms with Gasteiger partial charge < -0.3 is 9.64 Å². The number of rotatable bonds is 6. The second-order valence-electron chi connectivity index (χ2n) is 6.52. The van der Waals surface area contributed by atoms with Crippen LogP contribution in [0, 0.1) is 10.1 Å². The van der Waals surface area contributed by atoms with Gasteiger partial charge in [-0.15, -0.1) is 0 Å². The number of nitrogens with zero attached hydrogens (tertiary/aromatic N) is 5. The van der Waals surface area contributed by atoms with E-state index in [4.69, 9.17) is 4.74 Å². The molecule has 0 aliphatic carbocycles. The normalized spacial score (nSPS) is 16.2. The number of ether oxygens (including phenoxy) is 1. The molecule has 3 rings (SSSR count). The molecule has 1 aliphatic rings. The molecule has 0 atom stereocenters. The van der Waals surface area contributed by atoms with Crippen LogP contribution in [0.15, 0.2) is 23.0 Å². The number of methoxy groups -OCH3 is 1. The molecule has 0 bridgehead atoms. The molecule has 9 nitrogen and oxygen atoms in total. The van der Waals surface area contributed by atoms with Gasteiger partial charge in [-0.05, 0) is 13.1 Å². The third kappa shape index (κ3) is 3.90. The van der Waals surface area contributed by atoms with Crippen molar-refractivity contribution in [2.75, 3.05) is 46.9 Å². The molecule has 1 aromatic carbocycles. The Bertz CT molecular complexity index is 858. The lowest BCUT2D eigenvalue weighted by molar-refractivity contribution is -0.384. The van der Waals surface area contributed by atoms with Gasteiger partial charge in [0.2, 0.25) is 0 Å². The maximum atomic E-state index is 12.9. The predicted molar refractivity (Wildman–Crippen MR) is 97.3 cm³/mol. The van der Waals surface area contributed by atoms with E-state index in [1.807, 2.05) is 0 Å². The molecule has 2 aromatic rings. The fourth-order valence-corrected chi connectivity index (χ4v) is 3.11. The van der Waals surface area contributed by atoms with Gasteiger partial charge in [-0.1, -0.05) is 0 Å². The number of nitro benzene ring substituents is 1. The number of piperazine rings is 1. The fourth-order valence-electron chi connectivity index (χ4n) is 3.11. The van der Waals surface area contributed by atoms with Crippen LogP contribution in [0.2, 0.25) is 0 Å². The van der Waals surface area contributed by atoms with Crippen molar-refractivity contribution in [1.29, 1.82) is 0 Å². The Kier molecular flexibility index (Phi) is 5.60. The van der Waals surface area contributed by atoms with Crippen molar-refractivity contribution >= 4 is 16.6 Å². The van der Waals surface area contributed by atoms with Gasteiger partial charge >= 0.3 is 0 Å². The van der Waals surface area contributed by atoms with E-state index in [1.165, 1.54) is 12.1 Å². The second kappa shape index (κ2) is 7.90. The summed E-state index contributed by atoms with van der Waals surface area (Å²) in [4.78, 5) is 32.6. The van der Waals surface area contributed by atoms with Gasteiger partial charge in [0.1, 0.15) is 5.82 Å². The molecule has 1 aromatic heterocycles. The lowest BCUT2D eigenvalue weighted by atomic mass is 10.2. The molecule has 0 amide bonds. The van der Waals surface area contributed by atoms with Crippen molar-refractivity contribution in [2.45, 2.75) is 13.1 Å². The van der Waals surface area contributed by atoms with Crippen LogP contribution in [0.25, 0.3) is 10.9 Å². The summed E-state index contributed by atoms with van der Waals surface area (Å²) < 4.78 is 6.70. The number of fused-ring (bicyclic) bond motifs is 1. The molecule has 9 heteroatoms. The van der Waals surface area contributed by atoms with E-state index in [-0.39, 0.29) is 16.6 Å². The Hall–Kier alpha value is -2.36. The summed E-state index contributed by atoms with van der Waals surface area (Å²) in [7, 11) is 3.66. The van der Waals surface area contributed by atoms with Gasteiger partial charge in [0.15, 0.2) is 0 Å². The summed E-state index contributed by atoms with van der Waals surface area (Å²) >= 11 is 0. The van der Waals surface area contributed by atoms with Gasteiger partial charge in [0.25, 0.3) is 11.2 Å². The van der Waals surface area contributed by atoms with Crippen molar-refractivity contribution in [3.05, 3.63) is 44.5 Å². The summed E-state index contributed by atoms with van der Waals surface area (Å²) in [5, 5.41) is 11.3. The van der Waals surface area contributed by atoms with E-state index in [1.54, 1.807) is 17.7 Å². The number of benzene rings is 1. The van der Waals surface area contributed by atoms with E-state index in [2.05, 4.69) is 21.8 Å². The Balaban J connectivity index is 2.01. The minimum Gasteiger partial charge on any atom is -0.383 e. The lowest BCUT2D eigenvalue weighted by Crippen LogP contribution is -2.45. The number of non-ortho nitro benzene ring substituents is 1. The van der Waals surface area contributed by atoms with Crippen LogP contribution in [-0.4, -0.2) is 71.2 Å². The summed E-state index contributed by atoms with van der Waals surface area (Å²) in [6, 6.07) is 4.23. The van der Waals surface area contributed by atoms with Gasteiger partial charge in [-0.2, -0.15) is 0 Å². The summed E-state index contributed by atoms with van der Waals surface area (Å²) in [5.74, 6) is 0.665. The van der Waals surface area contributed by atoms with Gasteiger partial charge in [0.05, 0.1) is 35.5 Å². The average Bonchev–Trinajstić information content (AvgIpc) is 2.63. The smallest absolute Gasteiger partial charge is 0.270 e. The van der Waals surface area contributed by atoms with E-state index in [0.717, 1.165) is 26.2 Å². The largest absolute Gasteiger partial charge is 0.383 e. The number of likely N-dealkylation sites (N-methyl/N-ethyl adjacent to an activating group) is 1. The predicted octanol–water partition coefficient (Wildman–Crippen LogP) is 0.699. The van der Waals surface area contributed by atoms with Crippen LogP contribution in [-0.2, 0) is 17.8 Å². The number of hydrogen-bond donors (Lipinski definition) is 0. The van der Waals surface area contributed by atoms with Crippen LogP contribution >= 0.6 is 0 Å². The Labute approximate surface area is 150 Å². The number of aromatic nitrogens is 2. The zero-order chi connectivity index (χ0) is 18.7. The highest BCUT2D eigenvalue weighted by atomic mass is 16.6. The number of hydrogen-bond acceptors (Lipinski definition) is 7. The minimum absolute atomic E-state index is 0.110. The zero-order valence-electron chi connectivity index (χ0n) is 15.1. The maximum Gasteiger partial charge on any atom is 0.270 e. The van der Waals surface area contributed by atoms with E-state index >= 15 is 0 Å². The van der Waals surface area contributed by atoms with Crippen molar-refractivity contribution in [1.82, 2.24) is 19.4 Å². The molecule has 1 aliphatic heterocycles. The monoisotopic (exact) mass is 361 g/mol. The quantitative estimate of drug-likeness (QED) is 0.552. The van der Waals surface area contributed by atoms with E-state index < -0.39 is 4.92 Å². The number of nitro groups is 1. The highest BCUT2D eigenvalue weighted by Gasteiger charge is 2.19. The van der Waals surface area contributed by atoms with Crippen molar-refractivity contribution in [2.24, 2.45) is 0 Å². The Morgan fingerprint density at radius 1 is 1.27 bits per heavy atom. The first kappa shape index (κ1) is 18.4. The molecule has 0 unspecified atom stereocenters. The maximum absolute atomic E-state index is 12.9. The molecule has 2 heterocycles. The first-order valence-electron chi connectivity index (χ1n) is 8.57. The van der Waals surface area contributed by atoms with Crippen LogP contribution in [0.5, 0.6) is 0 Å². The Morgan fingerprint density at radius 2 is 2.00 bits per heavy atom. The van der Waals surface area contributed by atoms with Crippen LogP contribution in [0.4, 0.5) is 5.69 Å². The fraction of sp³-hybridized carbons (Fsp3) is 0.529. The van der Waals surface area contributed by atoms with E-state index in [9.17, 15) is 14.9 Å². The highest BCUT2D eigenvalue weighted by Crippen LogP contribution is 2.18. The summed E-state index contributed by atoms with van der Waals surface area (Å²) in [5.41, 5.74) is 0.111. The molecule has 1 fully saturated rings. The highest BCUT2D eigenvalue weighted by molar-refractivity contribution is 5.80. The Morgan fingerprint density at radius 3 is 2.65 bits per heavy atom. The topological polar surface area (TPSA) is 93.7 Å². The van der Waals surface area contributed by atoms with Gasteiger partial charge in [0, 0.05) is 45.4 Å². The molecule has 1 saturated heterocycles. The van der Waals surface area contributed by atoms with Crippen molar-refractivity contribution in [3.8, 4) is 0 Å². The first-order valence-corrected chi connectivity index (χ1v) is 8.57. The molecular formula is C17H23N5O4. The summed E-state index contributed by atoms with van der Waals surface area (Å²) in [6.45, 7) is 5.08. The van der Waals surface area contributed by atoms with Crippen LogP contribution in [0.1, 0.15) is 5.82 Å².